The molecule has 1 amide bonds. The summed E-state index contributed by atoms with van der Waals surface area (Å²) in [6.45, 7) is 1.48. The van der Waals surface area contributed by atoms with Crippen molar-refractivity contribution in [2.24, 2.45) is 5.92 Å². The molecule has 6 nitrogen and oxygen atoms in total. The Kier molecular flexibility index (Phi) is 4.83. The van der Waals surface area contributed by atoms with Crippen LogP contribution in [0.15, 0.2) is 42.5 Å². The molecule has 1 aliphatic rings. The summed E-state index contributed by atoms with van der Waals surface area (Å²) in [5.41, 5.74) is 0.993. The van der Waals surface area contributed by atoms with E-state index in [0.29, 0.717) is 18.3 Å². The van der Waals surface area contributed by atoms with Crippen molar-refractivity contribution in [2.45, 2.75) is 12.8 Å². The van der Waals surface area contributed by atoms with E-state index < -0.39 is 0 Å². The van der Waals surface area contributed by atoms with Crippen molar-refractivity contribution in [3.63, 3.8) is 0 Å². The lowest BCUT2D eigenvalue weighted by atomic mass is 10.3. The molecule has 120 valence electrons. The van der Waals surface area contributed by atoms with Crippen LogP contribution in [-0.4, -0.2) is 40.9 Å². The van der Waals surface area contributed by atoms with Gasteiger partial charge in [-0.3, -0.25) is 4.79 Å². The maximum atomic E-state index is 12.1. The van der Waals surface area contributed by atoms with E-state index >= 15 is 0 Å². The summed E-state index contributed by atoms with van der Waals surface area (Å²) < 4.78 is 0. The fourth-order valence-electron chi connectivity index (χ4n) is 2.36. The molecule has 3 rings (SSSR count). The molecule has 1 aromatic carbocycles. The third-order valence-electron chi connectivity index (χ3n) is 3.78. The molecule has 0 bridgehead atoms. The van der Waals surface area contributed by atoms with Crippen LogP contribution in [0.5, 0.6) is 0 Å². The molecule has 0 saturated heterocycles. The van der Waals surface area contributed by atoms with E-state index in [-0.39, 0.29) is 18.2 Å². The van der Waals surface area contributed by atoms with Crippen LogP contribution in [0, 0.1) is 5.92 Å². The third kappa shape index (κ3) is 4.26. The largest absolute Gasteiger partial charge is 0.395 e. The van der Waals surface area contributed by atoms with E-state index in [1.165, 1.54) is 12.8 Å². The minimum Gasteiger partial charge on any atom is -0.395 e. The Bertz CT molecular complexity index is 641. The molecule has 1 aliphatic carbocycles. The van der Waals surface area contributed by atoms with E-state index in [1.54, 1.807) is 12.1 Å². The second kappa shape index (κ2) is 7.19. The molecule has 1 fully saturated rings. The summed E-state index contributed by atoms with van der Waals surface area (Å²) in [7, 11) is 0. The number of anilines is 2. The number of carbonyl (C=O) groups is 1. The van der Waals surface area contributed by atoms with Crippen molar-refractivity contribution >= 4 is 17.4 Å². The van der Waals surface area contributed by atoms with Crippen LogP contribution in [0.2, 0.25) is 0 Å². The summed E-state index contributed by atoms with van der Waals surface area (Å²) >= 11 is 0. The molecule has 6 heteroatoms. The Hall–Kier alpha value is -2.47. The second-order valence-corrected chi connectivity index (χ2v) is 5.71. The van der Waals surface area contributed by atoms with Crippen molar-refractivity contribution in [3.05, 3.63) is 48.2 Å². The van der Waals surface area contributed by atoms with Gasteiger partial charge < -0.3 is 15.3 Å². The number of benzene rings is 1. The van der Waals surface area contributed by atoms with Crippen molar-refractivity contribution in [2.75, 3.05) is 29.9 Å². The highest BCUT2D eigenvalue weighted by molar-refractivity contribution is 6.02. The van der Waals surface area contributed by atoms with Gasteiger partial charge in [-0.05, 0) is 43.0 Å². The molecule has 0 atom stereocenters. The van der Waals surface area contributed by atoms with E-state index in [2.05, 4.69) is 15.5 Å². The number of aliphatic hydroxyl groups is 1. The first-order chi connectivity index (χ1) is 11.3. The summed E-state index contributed by atoms with van der Waals surface area (Å²) in [5, 5.41) is 20.1. The topological polar surface area (TPSA) is 78.4 Å². The highest BCUT2D eigenvalue weighted by atomic mass is 16.3. The van der Waals surface area contributed by atoms with Crippen LogP contribution in [0.1, 0.15) is 23.3 Å². The highest BCUT2D eigenvalue weighted by Crippen LogP contribution is 2.30. The Morgan fingerprint density at radius 1 is 1.17 bits per heavy atom. The molecule has 23 heavy (non-hydrogen) atoms. The van der Waals surface area contributed by atoms with E-state index in [1.807, 2.05) is 35.2 Å². The van der Waals surface area contributed by atoms with Crippen LogP contribution in [-0.2, 0) is 0 Å². The van der Waals surface area contributed by atoms with Gasteiger partial charge in [0.1, 0.15) is 0 Å². The summed E-state index contributed by atoms with van der Waals surface area (Å²) in [5.74, 6) is 1.10. The molecule has 0 unspecified atom stereocenters. The van der Waals surface area contributed by atoms with E-state index in [4.69, 9.17) is 0 Å². The Balaban J connectivity index is 1.66. The quantitative estimate of drug-likeness (QED) is 0.817. The Morgan fingerprint density at radius 2 is 1.96 bits per heavy atom. The molecular formula is C17H20N4O2. The van der Waals surface area contributed by atoms with Crippen LogP contribution >= 0.6 is 0 Å². The summed E-state index contributed by atoms with van der Waals surface area (Å²) in [6.07, 6.45) is 2.46. The predicted molar refractivity (Wildman–Crippen MR) is 88.5 cm³/mol. The Labute approximate surface area is 135 Å². The zero-order valence-electron chi connectivity index (χ0n) is 12.9. The minimum atomic E-state index is -0.286. The molecule has 0 spiro atoms. The van der Waals surface area contributed by atoms with E-state index in [0.717, 1.165) is 12.2 Å². The number of aromatic nitrogens is 2. The number of aliphatic hydroxyl groups excluding tert-OH is 1. The number of rotatable bonds is 7. The first-order valence-electron chi connectivity index (χ1n) is 7.82. The number of nitrogens with one attached hydrogen (secondary N) is 1. The number of amides is 1. The minimum absolute atomic E-state index is 0.0741. The maximum Gasteiger partial charge on any atom is 0.276 e. The van der Waals surface area contributed by atoms with Crippen molar-refractivity contribution in [1.29, 1.82) is 0 Å². The van der Waals surface area contributed by atoms with Crippen molar-refractivity contribution < 1.29 is 9.90 Å². The van der Waals surface area contributed by atoms with Gasteiger partial charge in [-0.2, -0.15) is 0 Å². The molecule has 1 saturated carbocycles. The fourth-order valence-corrected chi connectivity index (χ4v) is 2.36. The molecule has 2 N–H and O–H groups in total. The standard InChI is InChI=1S/C17H20N4O2/c22-11-10-21(12-13-6-7-13)16-9-8-15(19-20-16)17(23)18-14-4-2-1-3-5-14/h1-5,8-9,13,22H,6-7,10-12H2,(H,18,23). The van der Waals surface area contributed by atoms with Crippen LogP contribution in [0.25, 0.3) is 0 Å². The molecule has 0 aliphatic heterocycles. The Morgan fingerprint density at radius 3 is 2.57 bits per heavy atom. The maximum absolute atomic E-state index is 12.1. The van der Waals surface area contributed by atoms with Crippen molar-refractivity contribution in [1.82, 2.24) is 10.2 Å². The van der Waals surface area contributed by atoms with Gasteiger partial charge in [0, 0.05) is 18.8 Å². The number of hydrogen-bond acceptors (Lipinski definition) is 5. The van der Waals surface area contributed by atoms with Crippen LogP contribution in [0.3, 0.4) is 0 Å². The van der Waals surface area contributed by atoms with Gasteiger partial charge in [0.25, 0.3) is 5.91 Å². The highest BCUT2D eigenvalue weighted by Gasteiger charge is 2.25. The van der Waals surface area contributed by atoms with Gasteiger partial charge in [-0.15, -0.1) is 10.2 Å². The lowest BCUT2D eigenvalue weighted by molar-refractivity contribution is 0.102. The first-order valence-corrected chi connectivity index (χ1v) is 7.82. The van der Waals surface area contributed by atoms with Crippen LogP contribution < -0.4 is 10.2 Å². The zero-order chi connectivity index (χ0) is 16.1. The smallest absolute Gasteiger partial charge is 0.276 e. The van der Waals surface area contributed by atoms with E-state index in [9.17, 15) is 9.90 Å². The molecule has 1 aromatic heterocycles. The van der Waals surface area contributed by atoms with Gasteiger partial charge in [0.05, 0.1) is 6.61 Å². The first kappa shape index (κ1) is 15.4. The number of carbonyl (C=O) groups excluding carboxylic acids is 1. The monoisotopic (exact) mass is 312 g/mol. The molecule has 1 heterocycles. The fraction of sp³-hybridized carbons (Fsp3) is 0.353. The third-order valence-corrected chi connectivity index (χ3v) is 3.78. The average Bonchev–Trinajstić information content (AvgIpc) is 3.40. The van der Waals surface area contributed by atoms with Crippen molar-refractivity contribution in [3.8, 4) is 0 Å². The van der Waals surface area contributed by atoms with Gasteiger partial charge in [-0.1, -0.05) is 18.2 Å². The molecule has 2 aromatic rings. The lowest BCUT2D eigenvalue weighted by Crippen LogP contribution is -2.30. The number of nitrogens with zero attached hydrogens (tertiary/aromatic N) is 3. The predicted octanol–water partition coefficient (Wildman–Crippen LogP) is 1.94. The normalized spacial score (nSPS) is 13.6. The SMILES string of the molecule is O=C(Nc1ccccc1)c1ccc(N(CCO)CC2CC2)nn1. The molecule has 0 radical (unpaired) electrons. The summed E-state index contributed by atoms with van der Waals surface area (Å²) in [4.78, 5) is 14.2. The lowest BCUT2D eigenvalue weighted by Gasteiger charge is -2.22. The van der Waals surface area contributed by atoms with Gasteiger partial charge in [-0.25, -0.2) is 0 Å². The van der Waals surface area contributed by atoms with Crippen LogP contribution in [0.4, 0.5) is 11.5 Å². The summed E-state index contributed by atoms with van der Waals surface area (Å²) in [6, 6.07) is 12.7. The average molecular weight is 312 g/mol. The van der Waals surface area contributed by atoms with Gasteiger partial charge >= 0.3 is 0 Å². The molecular weight excluding hydrogens is 292 g/mol. The zero-order valence-corrected chi connectivity index (χ0v) is 12.9. The van der Waals surface area contributed by atoms with Gasteiger partial charge in [0.15, 0.2) is 11.5 Å². The number of para-hydroxylation sites is 1. The van der Waals surface area contributed by atoms with Gasteiger partial charge in [0.2, 0.25) is 0 Å². The second-order valence-electron chi connectivity index (χ2n) is 5.71. The number of hydrogen-bond donors (Lipinski definition) is 2.